The number of aliphatic hydroxyl groups excluding tert-OH is 1. The lowest BCUT2D eigenvalue weighted by atomic mass is 9.78. The van der Waals surface area contributed by atoms with Crippen molar-refractivity contribution >= 4 is 5.97 Å². The number of hydrogen-bond donors (Lipinski definition) is 1. The second-order valence-electron chi connectivity index (χ2n) is 7.51. The van der Waals surface area contributed by atoms with Gasteiger partial charge < -0.3 is 19.0 Å². The van der Waals surface area contributed by atoms with Crippen LogP contribution in [0.2, 0.25) is 0 Å². The van der Waals surface area contributed by atoms with Crippen LogP contribution < -0.4 is 4.74 Å². The molecule has 2 fully saturated rings. The van der Waals surface area contributed by atoms with Crippen LogP contribution in [0.25, 0.3) is 0 Å². The SMILES string of the molecule is COC(=O)c1cccc(O[C@@H]2C[C@@H]3CN(Cc4ccco4)C[C@@H]3C[C@H]2O)c1. The van der Waals surface area contributed by atoms with Gasteiger partial charge >= 0.3 is 5.97 Å². The van der Waals surface area contributed by atoms with Crippen molar-refractivity contribution in [2.45, 2.75) is 31.6 Å². The number of hydrogen-bond acceptors (Lipinski definition) is 6. The zero-order valence-corrected chi connectivity index (χ0v) is 15.4. The summed E-state index contributed by atoms with van der Waals surface area (Å²) in [6, 6.07) is 10.8. The second kappa shape index (κ2) is 7.74. The van der Waals surface area contributed by atoms with Crippen molar-refractivity contribution in [3.8, 4) is 5.75 Å². The van der Waals surface area contributed by atoms with Crippen LogP contribution in [0, 0.1) is 11.8 Å². The molecule has 0 unspecified atom stereocenters. The maximum Gasteiger partial charge on any atom is 0.337 e. The average Bonchev–Trinajstić information content (AvgIpc) is 3.31. The Morgan fingerprint density at radius 3 is 2.78 bits per heavy atom. The molecule has 1 aromatic heterocycles. The Bertz CT molecular complexity index is 775. The van der Waals surface area contributed by atoms with Gasteiger partial charge in [0.2, 0.25) is 0 Å². The third kappa shape index (κ3) is 4.01. The van der Waals surface area contributed by atoms with Gasteiger partial charge in [-0.25, -0.2) is 4.79 Å². The number of furan rings is 1. The molecule has 1 N–H and O–H groups in total. The summed E-state index contributed by atoms with van der Waals surface area (Å²) in [5.41, 5.74) is 0.448. The molecule has 27 heavy (non-hydrogen) atoms. The maximum atomic E-state index is 11.7. The zero-order chi connectivity index (χ0) is 18.8. The van der Waals surface area contributed by atoms with Crippen LogP contribution in [0.1, 0.15) is 29.0 Å². The fourth-order valence-electron chi connectivity index (χ4n) is 4.36. The summed E-state index contributed by atoms with van der Waals surface area (Å²) in [4.78, 5) is 14.1. The zero-order valence-electron chi connectivity index (χ0n) is 15.4. The van der Waals surface area contributed by atoms with Crippen molar-refractivity contribution in [1.82, 2.24) is 4.90 Å². The number of aliphatic hydroxyl groups is 1. The molecule has 1 aromatic carbocycles. The summed E-state index contributed by atoms with van der Waals surface area (Å²) in [5, 5.41) is 10.6. The quantitative estimate of drug-likeness (QED) is 0.815. The van der Waals surface area contributed by atoms with E-state index in [1.54, 1.807) is 24.5 Å². The van der Waals surface area contributed by atoms with Crippen molar-refractivity contribution in [3.63, 3.8) is 0 Å². The molecule has 0 radical (unpaired) electrons. The summed E-state index contributed by atoms with van der Waals surface area (Å²) in [6.45, 7) is 2.77. The Hall–Kier alpha value is -2.31. The Labute approximate surface area is 158 Å². The van der Waals surface area contributed by atoms with E-state index in [9.17, 15) is 9.90 Å². The van der Waals surface area contributed by atoms with E-state index < -0.39 is 12.1 Å². The van der Waals surface area contributed by atoms with Gasteiger partial charge in [0.15, 0.2) is 0 Å². The van der Waals surface area contributed by atoms with Gasteiger partial charge in [0, 0.05) is 13.1 Å². The van der Waals surface area contributed by atoms with Crippen LogP contribution >= 0.6 is 0 Å². The van der Waals surface area contributed by atoms with E-state index in [0.717, 1.165) is 38.2 Å². The molecule has 1 saturated heterocycles. The molecule has 6 nitrogen and oxygen atoms in total. The van der Waals surface area contributed by atoms with Crippen molar-refractivity contribution < 1.29 is 23.8 Å². The van der Waals surface area contributed by atoms with Gasteiger partial charge in [0.1, 0.15) is 17.6 Å². The van der Waals surface area contributed by atoms with E-state index in [1.807, 2.05) is 18.2 Å². The van der Waals surface area contributed by atoms with Gasteiger partial charge in [-0.3, -0.25) is 4.90 Å². The fraction of sp³-hybridized carbons (Fsp3) is 0.476. The molecule has 2 aliphatic rings. The number of carbonyl (C=O) groups excluding carboxylic acids is 1. The molecule has 0 amide bonds. The summed E-state index contributed by atoms with van der Waals surface area (Å²) >= 11 is 0. The monoisotopic (exact) mass is 371 g/mol. The average molecular weight is 371 g/mol. The van der Waals surface area contributed by atoms with Crippen LogP contribution in [0.5, 0.6) is 5.75 Å². The summed E-state index contributed by atoms with van der Waals surface area (Å²) in [5.74, 6) is 2.15. The largest absolute Gasteiger partial charge is 0.488 e. The molecule has 0 spiro atoms. The highest BCUT2D eigenvalue weighted by atomic mass is 16.5. The number of rotatable bonds is 5. The van der Waals surface area contributed by atoms with E-state index in [-0.39, 0.29) is 6.10 Å². The van der Waals surface area contributed by atoms with E-state index in [4.69, 9.17) is 13.9 Å². The first-order valence-electron chi connectivity index (χ1n) is 9.40. The first kappa shape index (κ1) is 18.1. The van der Waals surface area contributed by atoms with Gasteiger partial charge in [0.25, 0.3) is 0 Å². The second-order valence-corrected chi connectivity index (χ2v) is 7.51. The van der Waals surface area contributed by atoms with Gasteiger partial charge in [-0.1, -0.05) is 6.07 Å². The fourth-order valence-corrected chi connectivity index (χ4v) is 4.36. The van der Waals surface area contributed by atoms with Crippen molar-refractivity contribution in [1.29, 1.82) is 0 Å². The number of fused-ring (bicyclic) bond motifs is 1. The number of carbonyl (C=O) groups is 1. The standard InChI is InChI=1S/C21H25NO5/c1-25-21(24)14-4-2-5-17(8-14)27-20-10-16-12-22(11-15(16)9-19(20)23)13-18-6-3-7-26-18/h2-8,15-16,19-20,23H,9-13H2,1H3/t15-,16+,19+,20+/m0/s1. The minimum atomic E-state index is -0.503. The molecule has 1 aliphatic heterocycles. The van der Waals surface area contributed by atoms with Crippen LogP contribution in [0.3, 0.4) is 0 Å². The van der Waals surface area contributed by atoms with E-state index in [2.05, 4.69) is 4.90 Å². The minimum Gasteiger partial charge on any atom is -0.488 e. The minimum absolute atomic E-state index is 0.261. The third-order valence-electron chi connectivity index (χ3n) is 5.66. The lowest BCUT2D eigenvalue weighted by Gasteiger charge is -2.35. The maximum absolute atomic E-state index is 11.7. The van der Waals surface area contributed by atoms with Gasteiger partial charge in [0.05, 0.1) is 31.6 Å². The molecule has 0 bridgehead atoms. The molecule has 1 aliphatic carbocycles. The molecular formula is C21H25NO5. The number of ether oxygens (including phenoxy) is 2. The number of methoxy groups -OCH3 is 1. The smallest absolute Gasteiger partial charge is 0.337 e. The summed E-state index contributed by atoms with van der Waals surface area (Å²) in [7, 11) is 1.36. The molecule has 1 saturated carbocycles. The molecular weight excluding hydrogens is 346 g/mol. The van der Waals surface area contributed by atoms with Gasteiger partial charge in [-0.15, -0.1) is 0 Å². The highest BCUT2D eigenvalue weighted by Gasteiger charge is 2.42. The Kier molecular flexibility index (Phi) is 5.18. The number of esters is 1. The summed E-state index contributed by atoms with van der Waals surface area (Å²) in [6.07, 6.45) is 2.48. The van der Waals surface area contributed by atoms with E-state index in [1.165, 1.54) is 7.11 Å². The van der Waals surface area contributed by atoms with Crippen LogP contribution in [-0.2, 0) is 11.3 Å². The Morgan fingerprint density at radius 1 is 1.22 bits per heavy atom. The number of likely N-dealkylation sites (tertiary alicyclic amines) is 1. The van der Waals surface area contributed by atoms with Gasteiger partial charge in [-0.05, 0) is 55.0 Å². The number of nitrogens with zero attached hydrogens (tertiary/aromatic N) is 1. The van der Waals surface area contributed by atoms with Crippen molar-refractivity contribution in [3.05, 3.63) is 54.0 Å². The van der Waals surface area contributed by atoms with Crippen molar-refractivity contribution in [2.75, 3.05) is 20.2 Å². The normalized spacial score (nSPS) is 27.9. The lowest BCUT2D eigenvalue weighted by molar-refractivity contribution is -0.0231. The first-order valence-corrected chi connectivity index (χ1v) is 9.40. The number of benzene rings is 1. The predicted molar refractivity (Wildman–Crippen MR) is 98.4 cm³/mol. The third-order valence-corrected chi connectivity index (χ3v) is 5.66. The highest BCUT2D eigenvalue weighted by molar-refractivity contribution is 5.89. The van der Waals surface area contributed by atoms with E-state index >= 15 is 0 Å². The van der Waals surface area contributed by atoms with Crippen molar-refractivity contribution in [2.24, 2.45) is 11.8 Å². The topological polar surface area (TPSA) is 72.1 Å². The molecule has 144 valence electrons. The molecule has 2 aromatic rings. The van der Waals surface area contributed by atoms with E-state index in [0.29, 0.717) is 23.1 Å². The van der Waals surface area contributed by atoms with Crippen LogP contribution in [0.4, 0.5) is 0 Å². The Balaban J connectivity index is 1.39. The lowest BCUT2D eigenvalue weighted by Crippen LogP contribution is -2.42. The highest BCUT2D eigenvalue weighted by Crippen LogP contribution is 2.38. The summed E-state index contributed by atoms with van der Waals surface area (Å²) < 4.78 is 16.3. The predicted octanol–water partition coefficient (Wildman–Crippen LogP) is 2.72. The molecule has 4 atom stereocenters. The van der Waals surface area contributed by atoms with Crippen LogP contribution in [0.15, 0.2) is 47.1 Å². The molecule has 4 rings (SSSR count). The molecule has 6 heteroatoms. The van der Waals surface area contributed by atoms with Gasteiger partial charge in [-0.2, -0.15) is 0 Å². The molecule has 2 heterocycles. The van der Waals surface area contributed by atoms with Crippen LogP contribution in [-0.4, -0.2) is 48.4 Å². The first-order chi connectivity index (χ1) is 13.1. The Morgan fingerprint density at radius 2 is 2.04 bits per heavy atom.